The van der Waals surface area contributed by atoms with E-state index in [1.807, 2.05) is 0 Å². The van der Waals surface area contributed by atoms with Gasteiger partial charge in [-0.05, 0) is 19.9 Å². The molecule has 0 saturated carbocycles. The molecular weight excluding hydrogens is 209 g/mol. The summed E-state index contributed by atoms with van der Waals surface area (Å²) in [4.78, 5) is 0. The maximum absolute atomic E-state index is 12.4. The fourth-order valence-corrected chi connectivity index (χ4v) is 0.544. The summed E-state index contributed by atoms with van der Waals surface area (Å²) in [5.41, 5.74) is 0.280. The number of nitrogens with one attached hydrogen (secondary N) is 1. The van der Waals surface area contributed by atoms with Gasteiger partial charge in [-0.3, -0.25) is 5.84 Å². The maximum atomic E-state index is 12.4. The van der Waals surface area contributed by atoms with Crippen LogP contribution in [0.25, 0.3) is 0 Å². The van der Waals surface area contributed by atoms with Gasteiger partial charge in [0.25, 0.3) is 0 Å². The van der Waals surface area contributed by atoms with E-state index in [2.05, 4.69) is 12.0 Å². The first kappa shape index (κ1) is 13.8. The smallest absolute Gasteiger partial charge is 0.397 e. The number of nitrogens with two attached hydrogens (primary N) is 1. The zero-order valence-electron chi connectivity index (χ0n) is 8.69. The van der Waals surface area contributed by atoms with E-state index >= 15 is 0 Å². The van der Waals surface area contributed by atoms with Crippen molar-refractivity contribution >= 4 is 0 Å². The minimum Gasteiger partial charge on any atom is -0.493 e. The fraction of sp³-hybridized carbons (Fsp3) is 0.556. The molecule has 0 radical (unpaired) electrons. The third-order valence-corrected chi connectivity index (χ3v) is 1.75. The fourth-order valence-electron chi connectivity index (χ4n) is 0.544. The second kappa shape index (κ2) is 5.06. The Morgan fingerprint density at radius 3 is 2.40 bits per heavy atom. The van der Waals surface area contributed by atoms with Gasteiger partial charge < -0.3 is 10.2 Å². The monoisotopic (exact) mass is 224 g/mol. The lowest BCUT2D eigenvalue weighted by Gasteiger charge is -2.27. The first-order valence-electron chi connectivity index (χ1n) is 4.22. The Morgan fingerprint density at radius 1 is 1.47 bits per heavy atom. The molecule has 0 bridgehead atoms. The summed E-state index contributed by atoms with van der Waals surface area (Å²) in [5, 5.41) is 0. The molecule has 0 rings (SSSR count). The van der Waals surface area contributed by atoms with Gasteiger partial charge in [-0.2, -0.15) is 13.2 Å². The molecule has 0 aliphatic heterocycles. The zero-order valence-corrected chi connectivity index (χ0v) is 8.69. The largest absolute Gasteiger partial charge is 0.493 e. The van der Waals surface area contributed by atoms with Gasteiger partial charge in [0.15, 0.2) is 0 Å². The Hall–Kier alpha value is -1.17. The summed E-state index contributed by atoms with van der Waals surface area (Å²) in [6, 6.07) is 0. The van der Waals surface area contributed by atoms with Crippen molar-refractivity contribution in [3.05, 3.63) is 24.6 Å². The molecule has 15 heavy (non-hydrogen) atoms. The van der Waals surface area contributed by atoms with Gasteiger partial charge in [-0.15, -0.1) is 0 Å². The number of hydrazine groups is 1. The standard InChI is InChI=1S/C9H15F3N2O/c1-7(4-5-14-13)15-6-8(2,3)9(10,11)12/h4-5,14H,1,6,13H2,2-3H3/b5-4-. The van der Waals surface area contributed by atoms with E-state index in [1.165, 1.54) is 12.3 Å². The molecule has 0 fully saturated rings. The third kappa shape index (κ3) is 4.73. The minimum absolute atomic E-state index is 0.116. The summed E-state index contributed by atoms with van der Waals surface area (Å²) < 4.78 is 42.0. The van der Waals surface area contributed by atoms with Gasteiger partial charge in [-0.1, -0.05) is 6.58 Å². The Morgan fingerprint density at radius 2 is 2.00 bits per heavy atom. The van der Waals surface area contributed by atoms with E-state index in [-0.39, 0.29) is 5.76 Å². The molecule has 0 heterocycles. The predicted octanol–water partition coefficient (Wildman–Crippen LogP) is 2.08. The molecule has 6 heteroatoms. The Balaban J connectivity index is 4.16. The molecule has 3 N–H and O–H groups in total. The highest BCUT2D eigenvalue weighted by Gasteiger charge is 2.47. The quantitative estimate of drug-likeness (QED) is 0.325. The second-order valence-corrected chi connectivity index (χ2v) is 3.64. The maximum Gasteiger partial charge on any atom is 0.397 e. The predicted molar refractivity (Wildman–Crippen MR) is 51.4 cm³/mol. The second-order valence-electron chi connectivity index (χ2n) is 3.64. The molecule has 0 aliphatic carbocycles. The Labute approximate surface area is 86.7 Å². The van der Waals surface area contributed by atoms with E-state index in [0.29, 0.717) is 0 Å². The van der Waals surface area contributed by atoms with Crippen LogP contribution in [0, 0.1) is 5.41 Å². The van der Waals surface area contributed by atoms with Crippen LogP contribution in [-0.4, -0.2) is 12.8 Å². The van der Waals surface area contributed by atoms with Crippen LogP contribution in [0.15, 0.2) is 24.6 Å². The van der Waals surface area contributed by atoms with Gasteiger partial charge in [-0.25, -0.2) is 0 Å². The van der Waals surface area contributed by atoms with Crippen LogP contribution in [0.3, 0.4) is 0 Å². The minimum atomic E-state index is -4.30. The highest BCUT2D eigenvalue weighted by atomic mass is 19.4. The highest BCUT2D eigenvalue weighted by molar-refractivity contribution is 5.06. The van der Waals surface area contributed by atoms with Crippen molar-refractivity contribution in [1.82, 2.24) is 5.43 Å². The highest BCUT2D eigenvalue weighted by Crippen LogP contribution is 2.37. The van der Waals surface area contributed by atoms with Crippen LogP contribution in [0.2, 0.25) is 0 Å². The number of ether oxygens (including phenoxy) is 1. The average molecular weight is 224 g/mol. The van der Waals surface area contributed by atoms with Gasteiger partial charge in [0, 0.05) is 6.20 Å². The van der Waals surface area contributed by atoms with Crippen molar-refractivity contribution in [2.45, 2.75) is 20.0 Å². The molecule has 0 aromatic heterocycles. The number of halogens is 3. The van der Waals surface area contributed by atoms with Crippen LogP contribution in [0.1, 0.15) is 13.8 Å². The van der Waals surface area contributed by atoms with E-state index in [4.69, 9.17) is 10.6 Å². The molecule has 0 spiro atoms. The molecule has 0 aromatic rings. The van der Waals surface area contributed by atoms with E-state index < -0.39 is 18.2 Å². The third-order valence-electron chi connectivity index (χ3n) is 1.75. The Bertz CT molecular complexity index is 246. The van der Waals surface area contributed by atoms with Crippen LogP contribution in [0.5, 0.6) is 0 Å². The normalized spacial score (nSPS) is 12.9. The van der Waals surface area contributed by atoms with Crippen molar-refractivity contribution < 1.29 is 17.9 Å². The summed E-state index contributed by atoms with van der Waals surface area (Å²) in [5.74, 6) is 5.03. The average Bonchev–Trinajstić information content (AvgIpc) is 2.09. The van der Waals surface area contributed by atoms with Crippen molar-refractivity contribution in [2.75, 3.05) is 6.61 Å². The number of hydrogen-bond acceptors (Lipinski definition) is 3. The lowest BCUT2D eigenvalue weighted by atomic mass is 9.94. The molecular formula is C9H15F3N2O. The molecule has 0 unspecified atom stereocenters. The lowest BCUT2D eigenvalue weighted by Crippen LogP contribution is -2.36. The van der Waals surface area contributed by atoms with Crippen molar-refractivity contribution in [2.24, 2.45) is 11.3 Å². The van der Waals surface area contributed by atoms with Gasteiger partial charge in [0.2, 0.25) is 0 Å². The van der Waals surface area contributed by atoms with Crippen molar-refractivity contribution in [3.8, 4) is 0 Å². The molecule has 3 nitrogen and oxygen atoms in total. The summed E-state index contributed by atoms with van der Waals surface area (Å²) >= 11 is 0. The van der Waals surface area contributed by atoms with Crippen LogP contribution < -0.4 is 11.3 Å². The summed E-state index contributed by atoms with van der Waals surface area (Å²) in [6.45, 7) is 5.04. The number of allylic oxidation sites excluding steroid dienone is 1. The topological polar surface area (TPSA) is 47.3 Å². The van der Waals surface area contributed by atoms with E-state index in [9.17, 15) is 13.2 Å². The molecule has 0 saturated heterocycles. The number of alkyl halides is 3. The first-order valence-corrected chi connectivity index (χ1v) is 4.22. The van der Waals surface area contributed by atoms with Crippen LogP contribution in [-0.2, 0) is 4.74 Å². The van der Waals surface area contributed by atoms with Gasteiger partial charge >= 0.3 is 6.18 Å². The van der Waals surface area contributed by atoms with Gasteiger partial charge in [0.05, 0.1) is 5.41 Å². The van der Waals surface area contributed by atoms with Gasteiger partial charge in [0.1, 0.15) is 12.4 Å². The Kier molecular flexibility index (Phi) is 4.67. The molecule has 88 valence electrons. The van der Waals surface area contributed by atoms with Crippen LogP contribution >= 0.6 is 0 Å². The lowest BCUT2D eigenvalue weighted by molar-refractivity contribution is -0.223. The van der Waals surface area contributed by atoms with E-state index in [1.54, 1.807) is 0 Å². The molecule has 0 aliphatic rings. The molecule has 0 amide bonds. The summed E-state index contributed by atoms with van der Waals surface area (Å²) in [6.07, 6.45) is -1.65. The van der Waals surface area contributed by atoms with E-state index in [0.717, 1.165) is 13.8 Å². The van der Waals surface area contributed by atoms with Crippen LogP contribution in [0.4, 0.5) is 13.2 Å². The SMILES string of the molecule is C=C(/C=C\NN)OCC(C)(C)C(F)(F)F. The molecule has 0 atom stereocenters. The number of rotatable bonds is 5. The van der Waals surface area contributed by atoms with Crippen molar-refractivity contribution in [3.63, 3.8) is 0 Å². The van der Waals surface area contributed by atoms with Crippen molar-refractivity contribution in [1.29, 1.82) is 0 Å². The zero-order chi connectivity index (χ0) is 12.1. The first-order chi connectivity index (χ1) is 6.70. The summed E-state index contributed by atoms with van der Waals surface area (Å²) in [7, 11) is 0. The molecule has 0 aromatic carbocycles. The number of hydrogen-bond donors (Lipinski definition) is 2.